The summed E-state index contributed by atoms with van der Waals surface area (Å²) in [7, 11) is 4.59. The van der Waals surface area contributed by atoms with Gasteiger partial charge in [0.1, 0.15) is 11.6 Å². The van der Waals surface area contributed by atoms with Crippen LogP contribution < -0.4 is 14.2 Å². The lowest BCUT2D eigenvalue weighted by molar-refractivity contribution is -0.123. The second-order valence-corrected chi connectivity index (χ2v) is 7.34. The summed E-state index contributed by atoms with van der Waals surface area (Å²) in [5.41, 5.74) is 1.92. The van der Waals surface area contributed by atoms with Gasteiger partial charge in [0, 0.05) is 28.8 Å². The number of halogens is 2. The van der Waals surface area contributed by atoms with Crippen molar-refractivity contribution in [3.8, 4) is 17.2 Å². The molecule has 2 aromatic rings. The summed E-state index contributed by atoms with van der Waals surface area (Å²) < 4.78 is 31.5. The van der Waals surface area contributed by atoms with Crippen molar-refractivity contribution in [1.82, 2.24) is 0 Å². The molecule has 6 heteroatoms. The van der Waals surface area contributed by atoms with E-state index in [-0.39, 0.29) is 18.1 Å². The Bertz CT molecular complexity index is 897. The summed E-state index contributed by atoms with van der Waals surface area (Å²) in [6.07, 6.45) is 1.70. The van der Waals surface area contributed by atoms with Crippen LogP contribution in [0.2, 0.25) is 5.02 Å². The third kappa shape index (κ3) is 3.44. The number of carbonyl (C=O) groups excluding carboxylic acids is 1. The molecular weight excluding hydrogens is 383 g/mol. The highest BCUT2D eigenvalue weighted by atomic mass is 35.5. The molecule has 150 valence electrons. The molecule has 1 aliphatic carbocycles. The summed E-state index contributed by atoms with van der Waals surface area (Å²) in [6, 6.07) is 6.23. The zero-order valence-corrected chi connectivity index (χ0v) is 17.2. The molecule has 0 saturated heterocycles. The lowest BCUT2D eigenvalue weighted by atomic mass is 9.69. The molecule has 0 heterocycles. The van der Waals surface area contributed by atoms with Crippen LogP contribution in [0.3, 0.4) is 0 Å². The number of ether oxygens (including phenoxy) is 3. The van der Waals surface area contributed by atoms with Crippen LogP contribution in [0.15, 0.2) is 24.3 Å². The van der Waals surface area contributed by atoms with Gasteiger partial charge in [0.05, 0.1) is 21.3 Å². The summed E-state index contributed by atoms with van der Waals surface area (Å²) in [5, 5.41) is 0.422. The van der Waals surface area contributed by atoms with Crippen LogP contribution >= 0.6 is 11.6 Å². The van der Waals surface area contributed by atoms with Crippen LogP contribution in [0.25, 0.3) is 0 Å². The normalized spacial score (nSPS) is 18.6. The quantitative estimate of drug-likeness (QED) is 0.663. The molecular formula is C22H24ClFO4. The molecule has 0 amide bonds. The highest BCUT2D eigenvalue weighted by molar-refractivity contribution is 6.30. The van der Waals surface area contributed by atoms with Crippen molar-refractivity contribution in [2.24, 2.45) is 5.92 Å². The number of carbonyl (C=O) groups is 1. The second-order valence-electron chi connectivity index (χ2n) is 6.90. The SMILES string of the molecule is CCCC1C(=O)Cc2cc(OC)c(OC)c(OC)c2C1c1cc(Cl)ccc1F. The summed E-state index contributed by atoms with van der Waals surface area (Å²) in [5.74, 6) is 0.184. The van der Waals surface area contributed by atoms with Gasteiger partial charge >= 0.3 is 0 Å². The van der Waals surface area contributed by atoms with E-state index in [9.17, 15) is 9.18 Å². The van der Waals surface area contributed by atoms with Gasteiger partial charge in [0.15, 0.2) is 11.5 Å². The van der Waals surface area contributed by atoms with Crippen LogP contribution in [-0.4, -0.2) is 27.1 Å². The van der Waals surface area contributed by atoms with E-state index < -0.39 is 11.7 Å². The molecule has 4 nitrogen and oxygen atoms in total. The first-order valence-electron chi connectivity index (χ1n) is 9.26. The number of rotatable bonds is 6. The van der Waals surface area contributed by atoms with Gasteiger partial charge in [-0.25, -0.2) is 4.39 Å². The lowest BCUT2D eigenvalue weighted by Crippen LogP contribution is -2.32. The van der Waals surface area contributed by atoms with Gasteiger partial charge < -0.3 is 14.2 Å². The van der Waals surface area contributed by atoms with Gasteiger partial charge in [-0.05, 0) is 41.8 Å². The number of ketones is 1. The largest absolute Gasteiger partial charge is 0.493 e. The molecule has 1 aliphatic rings. The Labute approximate surface area is 169 Å². The number of benzene rings is 2. The first-order valence-corrected chi connectivity index (χ1v) is 9.63. The van der Waals surface area contributed by atoms with Gasteiger partial charge in [0.2, 0.25) is 5.75 Å². The highest BCUT2D eigenvalue weighted by Crippen LogP contribution is 2.52. The predicted octanol–water partition coefficient (Wildman–Crippen LogP) is 5.18. The number of methoxy groups -OCH3 is 3. The fourth-order valence-electron chi connectivity index (χ4n) is 4.19. The molecule has 0 fully saturated rings. The van der Waals surface area contributed by atoms with Crippen LogP contribution in [0.5, 0.6) is 17.2 Å². The zero-order valence-electron chi connectivity index (χ0n) is 16.5. The summed E-state index contributed by atoms with van der Waals surface area (Å²) in [4.78, 5) is 13.0. The molecule has 0 aliphatic heterocycles. The Kier molecular flexibility index (Phi) is 6.14. The monoisotopic (exact) mass is 406 g/mol. The van der Waals surface area contributed by atoms with Crippen molar-refractivity contribution in [3.05, 3.63) is 51.8 Å². The average Bonchev–Trinajstić information content (AvgIpc) is 2.69. The average molecular weight is 407 g/mol. The third-order valence-electron chi connectivity index (χ3n) is 5.34. The zero-order chi connectivity index (χ0) is 20.4. The number of Topliss-reactive ketones (excluding diaryl/α,β-unsaturated/α-hetero) is 1. The van der Waals surface area contributed by atoms with Crippen LogP contribution in [0.1, 0.15) is 42.4 Å². The van der Waals surface area contributed by atoms with Gasteiger partial charge in [-0.2, -0.15) is 0 Å². The molecule has 2 atom stereocenters. The molecule has 2 aromatic carbocycles. The molecule has 0 saturated carbocycles. The summed E-state index contributed by atoms with van der Waals surface area (Å²) >= 11 is 6.18. The van der Waals surface area contributed by atoms with E-state index in [2.05, 4.69) is 0 Å². The number of hydrogen-bond acceptors (Lipinski definition) is 4. The minimum Gasteiger partial charge on any atom is -0.493 e. The van der Waals surface area contributed by atoms with Crippen molar-refractivity contribution in [1.29, 1.82) is 0 Å². The molecule has 2 unspecified atom stereocenters. The van der Waals surface area contributed by atoms with Gasteiger partial charge in [-0.1, -0.05) is 24.9 Å². The molecule has 0 bridgehead atoms. The van der Waals surface area contributed by atoms with Gasteiger partial charge in [-0.15, -0.1) is 0 Å². The molecule has 0 radical (unpaired) electrons. The molecule has 0 aromatic heterocycles. The smallest absolute Gasteiger partial charge is 0.203 e. The first kappa shape index (κ1) is 20.5. The van der Waals surface area contributed by atoms with E-state index in [0.29, 0.717) is 34.3 Å². The Morgan fingerprint density at radius 2 is 1.82 bits per heavy atom. The maximum absolute atomic E-state index is 14.9. The number of hydrogen-bond donors (Lipinski definition) is 0. The van der Waals surface area contributed by atoms with E-state index in [4.69, 9.17) is 25.8 Å². The minimum absolute atomic E-state index is 0.0769. The minimum atomic E-state index is -0.510. The maximum atomic E-state index is 14.9. The van der Waals surface area contributed by atoms with Crippen LogP contribution in [0, 0.1) is 11.7 Å². The fraction of sp³-hybridized carbons (Fsp3) is 0.409. The van der Waals surface area contributed by atoms with E-state index >= 15 is 0 Å². The van der Waals surface area contributed by atoms with E-state index in [0.717, 1.165) is 17.5 Å². The van der Waals surface area contributed by atoms with Crippen molar-refractivity contribution < 1.29 is 23.4 Å². The Morgan fingerprint density at radius 3 is 2.43 bits per heavy atom. The standard InChI is InChI=1S/C22H24ClFO4/c1-5-6-14-17(25)9-12-10-18(26-2)21(27-3)22(28-4)19(12)20(14)15-11-13(23)7-8-16(15)24/h7-8,10-11,14,20H,5-6,9H2,1-4H3. The molecule has 28 heavy (non-hydrogen) atoms. The fourth-order valence-corrected chi connectivity index (χ4v) is 4.37. The van der Waals surface area contributed by atoms with Crippen LogP contribution in [-0.2, 0) is 11.2 Å². The van der Waals surface area contributed by atoms with Crippen molar-refractivity contribution in [2.75, 3.05) is 21.3 Å². The second kappa shape index (κ2) is 8.39. The molecule has 0 spiro atoms. The Balaban J connectivity index is 2.35. The predicted molar refractivity (Wildman–Crippen MR) is 106 cm³/mol. The van der Waals surface area contributed by atoms with E-state index in [1.165, 1.54) is 33.5 Å². The topological polar surface area (TPSA) is 44.8 Å². The number of fused-ring (bicyclic) bond motifs is 1. The van der Waals surface area contributed by atoms with Crippen molar-refractivity contribution >= 4 is 17.4 Å². The first-order chi connectivity index (χ1) is 13.5. The van der Waals surface area contributed by atoms with Gasteiger partial charge in [0.25, 0.3) is 0 Å². The lowest BCUT2D eigenvalue weighted by Gasteiger charge is -2.35. The summed E-state index contributed by atoms with van der Waals surface area (Å²) in [6.45, 7) is 2.01. The highest BCUT2D eigenvalue weighted by Gasteiger charge is 2.41. The molecule has 0 N–H and O–H groups in total. The van der Waals surface area contributed by atoms with Crippen molar-refractivity contribution in [2.45, 2.75) is 32.1 Å². The van der Waals surface area contributed by atoms with Gasteiger partial charge in [-0.3, -0.25) is 4.79 Å². The Hall–Kier alpha value is -2.27. The van der Waals surface area contributed by atoms with E-state index in [1.807, 2.05) is 6.92 Å². The van der Waals surface area contributed by atoms with E-state index in [1.54, 1.807) is 12.1 Å². The van der Waals surface area contributed by atoms with Crippen molar-refractivity contribution in [3.63, 3.8) is 0 Å². The maximum Gasteiger partial charge on any atom is 0.203 e. The Morgan fingerprint density at radius 1 is 1.11 bits per heavy atom. The van der Waals surface area contributed by atoms with Crippen LogP contribution in [0.4, 0.5) is 4.39 Å². The third-order valence-corrected chi connectivity index (χ3v) is 5.57. The molecule has 3 rings (SSSR count).